The zero-order valence-corrected chi connectivity index (χ0v) is 13.4. The Labute approximate surface area is 124 Å². The zero-order chi connectivity index (χ0) is 14.8. The van der Waals surface area contributed by atoms with Crippen LogP contribution in [0.4, 0.5) is 0 Å². The molecule has 120 valence electrons. The smallest absolute Gasteiger partial charge is 0.00948 e. The summed E-state index contributed by atoms with van der Waals surface area (Å²) in [5.41, 5.74) is 0. The van der Waals surface area contributed by atoms with Crippen molar-refractivity contribution >= 4 is 0 Å². The number of rotatable bonds is 10. The second kappa shape index (κ2) is 10.6. The van der Waals surface area contributed by atoms with E-state index in [9.17, 15) is 10.4 Å². The average Bonchev–Trinajstić information content (AvgIpc) is 2.44. The van der Waals surface area contributed by atoms with E-state index in [1.807, 2.05) is 0 Å². The van der Waals surface area contributed by atoms with Gasteiger partial charge in [-0.05, 0) is 12.8 Å². The quantitative estimate of drug-likeness (QED) is 0.562. The highest BCUT2D eigenvalue weighted by molar-refractivity contribution is 4.89. The van der Waals surface area contributed by atoms with Gasteiger partial charge < -0.3 is 20.5 Å². The molecule has 4 nitrogen and oxygen atoms in total. The molecule has 0 radical (unpaired) electrons. The summed E-state index contributed by atoms with van der Waals surface area (Å²) in [5, 5.41) is 26.5. The number of hydrogen-bond acceptors (Lipinski definition) is 4. The Hall–Kier alpha value is -0.160. The number of hydrogen-bond donors (Lipinski definition) is 0. The standard InChI is InChI=1S/C16H32N2O2/c1-3-5-7-9-11-15-13-18(20)16(14-17(15)19)12-10-8-6-4-2/h15-16H,3-14H2,1-2H3/q-2. The van der Waals surface area contributed by atoms with Crippen LogP contribution < -0.4 is 0 Å². The lowest BCUT2D eigenvalue weighted by atomic mass is 10.0. The van der Waals surface area contributed by atoms with Gasteiger partial charge in [0.2, 0.25) is 0 Å². The van der Waals surface area contributed by atoms with Crippen molar-refractivity contribution in [1.29, 1.82) is 0 Å². The third kappa shape index (κ3) is 6.53. The van der Waals surface area contributed by atoms with Crippen LogP contribution in [-0.2, 0) is 0 Å². The van der Waals surface area contributed by atoms with Crippen molar-refractivity contribution in [2.75, 3.05) is 13.1 Å². The van der Waals surface area contributed by atoms with Crippen LogP contribution in [0.2, 0.25) is 0 Å². The summed E-state index contributed by atoms with van der Waals surface area (Å²) >= 11 is 0. The molecule has 0 aromatic carbocycles. The fraction of sp³-hybridized carbons (Fsp3) is 1.00. The molecule has 0 spiro atoms. The highest BCUT2D eigenvalue weighted by atomic mass is 16.5. The summed E-state index contributed by atoms with van der Waals surface area (Å²) in [6.07, 6.45) is 11.1. The summed E-state index contributed by atoms with van der Waals surface area (Å²) in [6, 6.07) is -0.146. The Kier molecular flexibility index (Phi) is 9.44. The fourth-order valence-corrected chi connectivity index (χ4v) is 2.98. The van der Waals surface area contributed by atoms with Crippen molar-refractivity contribution in [3.05, 3.63) is 10.4 Å². The lowest BCUT2D eigenvalue weighted by Gasteiger charge is -2.53. The molecular formula is C16H32N2O2-2. The molecule has 1 fully saturated rings. The molecule has 0 N–H and O–H groups in total. The molecule has 0 saturated carbocycles. The molecule has 0 aromatic rings. The van der Waals surface area contributed by atoms with E-state index in [-0.39, 0.29) is 12.1 Å². The van der Waals surface area contributed by atoms with Gasteiger partial charge in [0.15, 0.2) is 0 Å². The van der Waals surface area contributed by atoms with Gasteiger partial charge >= 0.3 is 0 Å². The molecule has 1 aliphatic rings. The average molecular weight is 284 g/mol. The van der Waals surface area contributed by atoms with E-state index in [1.54, 1.807) is 0 Å². The Balaban J connectivity index is 2.22. The van der Waals surface area contributed by atoms with Gasteiger partial charge in [0.1, 0.15) is 0 Å². The van der Waals surface area contributed by atoms with Crippen molar-refractivity contribution < 1.29 is 0 Å². The molecule has 0 amide bonds. The predicted octanol–water partition coefficient (Wildman–Crippen LogP) is 4.28. The maximum Gasteiger partial charge on any atom is 0.00948 e. The van der Waals surface area contributed by atoms with Crippen molar-refractivity contribution in [3.63, 3.8) is 0 Å². The summed E-state index contributed by atoms with van der Waals surface area (Å²) in [7, 11) is 0. The van der Waals surface area contributed by atoms with E-state index in [4.69, 9.17) is 0 Å². The lowest BCUT2D eigenvalue weighted by molar-refractivity contribution is 0.0819. The minimum absolute atomic E-state index is 0.0729. The highest BCUT2D eigenvalue weighted by Gasteiger charge is 2.23. The topological polar surface area (TPSA) is 52.6 Å². The number of unbranched alkanes of at least 4 members (excludes halogenated alkanes) is 6. The highest BCUT2D eigenvalue weighted by Crippen LogP contribution is 2.21. The minimum atomic E-state index is -0.0729. The van der Waals surface area contributed by atoms with Crippen molar-refractivity contribution in [1.82, 2.24) is 10.1 Å². The molecule has 4 heteroatoms. The van der Waals surface area contributed by atoms with Gasteiger partial charge in [-0.3, -0.25) is 0 Å². The van der Waals surface area contributed by atoms with Gasteiger partial charge in [-0.2, -0.15) is 0 Å². The maximum atomic E-state index is 12.1. The molecular weight excluding hydrogens is 252 g/mol. The van der Waals surface area contributed by atoms with Crippen LogP contribution in [0.1, 0.15) is 78.1 Å². The Morgan fingerprint density at radius 2 is 1.10 bits per heavy atom. The summed E-state index contributed by atoms with van der Waals surface area (Å²) in [6.45, 7) is 5.19. The van der Waals surface area contributed by atoms with Crippen LogP contribution in [0.15, 0.2) is 0 Å². The van der Waals surface area contributed by atoms with Crippen molar-refractivity contribution in [2.45, 2.75) is 90.1 Å². The fourth-order valence-electron chi connectivity index (χ4n) is 2.98. The molecule has 1 rings (SSSR count). The van der Waals surface area contributed by atoms with E-state index in [1.165, 1.54) is 48.7 Å². The normalized spacial score (nSPS) is 25.2. The van der Waals surface area contributed by atoms with Gasteiger partial charge in [-0.25, -0.2) is 0 Å². The number of piperazine rings is 1. The van der Waals surface area contributed by atoms with Crippen LogP contribution in [0, 0.1) is 10.4 Å². The van der Waals surface area contributed by atoms with Gasteiger partial charge in [-0.15, -0.1) is 0 Å². The first-order valence-corrected chi connectivity index (χ1v) is 8.56. The van der Waals surface area contributed by atoms with E-state index in [0.29, 0.717) is 13.1 Å². The molecule has 2 atom stereocenters. The van der Waals surface area contributed by atoms with E-state index >= 15 is 0 Å². The third-order valence-corrected chi connectivity index (χ3v) is 4.38. The van der Waals surface area contributed by atoms with Crippen LogP contribution >= 0.6 is 0 Å². The van der Waals surface area contributed by atoms with Crippen LogP contribution in [0.3, 0.4) is 0 Å². The summed E-state index contributed by atoms with van der Waals surface area (Å²) in [4.78, 5) is 0. The minimum Gasteiger partial charge on any atom is -0.785 e. The first-order chi connectivity index (χ1) is 9.69. The van der Waals surface area contributed by atoms with Crippen LogP contribution in [0.25, 0.3) is 0 Å². The Morgan fingerprint density at radius 1 is 0.700 bits per heavy atom. The molecule has 0 bridgehead atoms. The number of hydroxylamine groups is 4. The third-order valence-electron chi connectivity index (χ3n) is 4.38. The van der Waals surface area contributed by atoms with Gasteiger partial charge in [0.05, 0.1) is 0 Å². The van der Waals surface area contributed by atoms with E-state index < -0.39 is 0 Å². The van der Waals surface area contributed by atoms with Crippen LogP contribution in [-0.4, -0.2) is 35.3 Å². The molecule has 0 aliphatic carbocycles. The van der Waals surface area contributed by atoms with E-state index in [0.717, 1.165) is 25.7 Å². The Bertz CT molecular complexity index is 215. The molecule has 1 saturated heterocycles. The number of nitrogens with zero attached hydrogens (tertiary/aromatic N) is 2. The van der Waals surface area contributed by atoms with Gasteiger partial charge in [-0.1, -0.05) is 65.2 Å². The predicted molar refractivity (Wildman–Crippen MR) is 85.2 cm³/mol. The Morgan fingerprint density at radius 3 is 1.45 bits per heavy atom. The first-order valence-electron chi connectivity index (χ1n) is 8.56. The monoisotopic (exact) mass is 284 g/mol. The molecule has 1 heterocycles. The van der Waals surface area contributed by atoms with Gasteiger partial charge in [0, 0.05) is 25.2 Å². The second-order valence-electron chi connectivity index (χ2n) is 6.21. The van der Waals surface area contributed by atoms with Crippen molar-refractivity contribution in [3.8, 4) is 0 Å². The maximum absolute atomic E-state index is 12.1. The first kappa shape index (κ1) is 17.9. The van der Waals surface area contributed by atoms with E-state index in [2.05, 4.69) is 13.8 Å². The summed E-state index contributed by atoms with van der Waals surface area (Å²) < 4.78 is 0. The second-order valence-corrected chi connectivity index (χ2v) is 6.21. The lowest BCUT2D eigenvalue weighted by Crippen LogP contribution is -2.54. The van der Waals surface area contributed by atoms with Crippen LogP contribution in [0.5, 0.6) is 0 Å². The molecule has 20 heavy (non-hydrogen) atoms. The summed E-state index contributed by atoms with van der Waals surface area (Å²) in [5.74, 6) is 0. The zero-order valence-electron chi connectivity index (χ0n) is 13.4. The molecule has 2 unspecified atom stereocenters. The largest absolute Gasteiger partial charge is 0.785 e. The van der Waals surface area contributed by atoms with Gasteiger partial charge in [0.25, 0.3) is 0 Å². The van der Waals surface area contributed by atoms with Crippen molar-refractivity contribution in [2.24, 2.45) is 0 Å². The molecule has 1 aliphatic heterocycles. The molecule has 0 aromatic heterocycles. The SMILES string of the molecule is CCCCCCC1CN([O-])C(CCCCCC)CN1[O-].